The predicted octanol–water partition coefficient (Wildman–Crippen LogP) is 2.59. The van der Waals surface area contributed by atoms with E-state index in [0.717, 1.165) is 35.4 Å². The molecule has 0 aromatic carbocycles. The zero-order valence-electron chi connectivity index (χ0n) is 8.48. The molecule has 0 aromatic rings. The summed E-state index contributed by atoms with van der Waals surface area (Å²) in [6.07, 6.45) is 2.90. The molecule has 0 fully saturated rings. The van der Waals surface area contributed by atoms with E-state index in [1.165, 1.54) is 0 Å². The number of halogens is 1. The molecule has 78 valence electrons. The standard InChI is InChI=1S/C11H16BrNO/c1-4-10-9(7-13-3)5-6-14-11(10)8(2)12/h4,9,13H,1-2,5-7H2,3H3. The Morgan fingerprint density at radius 2 is 2.50 bits per heavy atom. The summed E-state index contributed by atoms with van der Waals surface area (Å²) in [6.45, 7) is 9.37. The Labute approximate surface area is 93.8 Å². The minimum absolute atomic E-state index is 0.482. The Kier molecular flexibility index (Phi) is 4.42. The van der Waals surface area contributed by atoms with Crippen LogP contribution in [0.5, 0.6) is 0 Å². The fourth-order valence-electron chi connectivity index (χ4n) is 1.68. The fraction of sp³-hybridized carbons (Fsp3) is 0.455. The van der Waals surface area contributed by atoms with E-state index in [1.54, 1.807) is 0 Å². The molecular weight excluding hydrogens is 242 g/mol. The predicted molar refractivity (Wildman–Crippen MR) is 63.3 cm³/mol. The van der Waals surface area contributed by atoms with E-state index < -0.39 is 0 Å². The van der Waals surface area contributed by atoms with E-state index >= 15 is 0 Å². The Morgan fingerprint density at radius 1 is 1.79 bits per heavy atom. The molecule has 0 bridgehead atoms. The van der Waals surface area contributed by atoms with Crippen molar-refractivity contribution in [1.82, 2.24) is 5.32 Å². The van der Waals surface area contributed by atoms with Crippen LogP contribution in [0.25, 0.3) is 0 Å². The van der Waals surface area contributed by atoms with Crippen LogP contribution >= 0.6 is 15.9 Å². The summed E-state index contributed by atoms with van der Waals surface area (Å²) in [5.41, 5.74) is 1.15. The molecule has 0 saturated carbocycles. The number of allylic oxidation sites excluding steroid dienone is 2. The van der Waals surface area contributed by atoms with E-state index in [2.05, 4.69) is 34.4 Å². The van der Waals surface area contributed by atoms with E-state index in [0.29, 0.717) is 5.92 Å². The van der Waals surface area contributed by atoms with Gasteiger partial charge in [-0.15, -0.1) is 0 Å². The first-order valence-corrected chi connectivity index (χ1v) is 5.48. The largest absolute Gasteiger partial charge is 0.492 e. The topological polar surface area (TPSA) is 21.3 Å². The van der Waals surface area contributed by atoms with Gasteiger partial charge in [-0.25, -0.2) is 0 Å². The molecule has 1 heterocycles. The molecule has 1 aliphatic heterocycles. The van der Waals surface area contributed by atoms with Crippen LogP contribution in [0.3, 0.4) is 0 Å². The van der Waals surface area contributed by atoms with Crippen molar-refractivity contribution >= 4 is 15.9 Å². The van der Waals surface area contributed by atoms with Gasteiger partial charge in [-0.2, -0.15) is 0 Å². The van der Waals surface area contributed by atoms with E-state index in [-0.39, 0.29) is 0 Å². The van der Waals surface area contributed by atoms with Gasteiger partial charge in [-0.1, -0.05) is 19.2 Å². The second-order valence-corrected chi connectivity index (χ2v) is 4.24. The first-order valence-electron chi connectivity index (χ1n) is 4.69. The van der Waals surface area contributed by atoms with Gasteiger partial charge in [0.15, 0.2) is 0 Å². The van der Waals surface area contributed by atoms with Gasteiger partial charge in [0.25, 0.3) is 0 Å². The normalized spacial score (nSPS) is 21.7. The third-order valence-corrected chi connectivity index (χ3v) is 2.69. The summed E-state index contributed by atoms with van der Waals surface area (Å²) in [4.78, 5) is 0. The van der Waals surface area contributed by atoms with Crippen LogP contribution in [0, 0.1) is 5.92 Å². The maximum absolute atomic E-state index is 5.55. The molecule has 0 radical (unpaired) electrons. The molecule has 0 saturated heterocycles. The Morgan fingerprint density at radius 3 is 3.00 bits per heavy atom. The van der Waals surface area contributed by atoms with Crippen molar-refractivity contribution in [3.05, 3.63) is 35.0 Å². The number of nitrogens with one attached hydrogen (secondary N) is 1. The molecule has 0 aliphatic carbocycles. The van der Waals surface area contributed by atoms with Crippen LogP contribution in [0.15, 0.2) is 35.0 Å². The lowest BCUT2D eigenvalue weighted by atomic mass is 9.92. The highest BCUT2D eigenvalue weighted by atomic mass is 79.9. The van der Waals surface area contributed by atoms with Gasteiger partial charge in [0.05, 0.1) is 11.1 Å². The average Bonchev–Trinajstić information content (AvgIpc) is 2.18. The van der Waals surface area contributed by atoms with Gasteiger partial charge < -0.3 is 10.1 Å². The maximum Gasteiger partial charge on any atom is 0.136 e. The molecule has 14 heavy (non-hydrogen) atoms. The first kappa shape index (κ1) is 11.5. The van der Waals surface area contributed by atoms with Crippen LogP contribution in [-0.4, -0.2) is 20.2 Å². The Bertz CT molecular complexity index is 270. The van der Waals surface area contributed by atoms with Gasteiger partial charge in [-0.05, 0) is 35.0 Å². The second-order valence-electron chi connectivity index (χ2n) is 3.29. The highest BCUT2D eigenvalue weighted by Crippen LogP contribution is 2.31. The van der Waals surface area contributed by atoms with Gasteiger partial charge in [0, 0.05) is 12.5 Å². The molecule has 1 rings (SSSR count). The summed E-state index contributed by atoms with van der Waals surface area (Å²) in [7, 11) is 1.96. The van der Waals surface area contributed by atoms with Crippen molar-refractivity contribution in [2.45, 2.75) is 6.42 Å². The van der Waals surface area contributed by atoms with Gasteiger partial charge in [0.1, 0.15) is 5.76 Å². The molecule has 1 N–H and O–H groups in total. The molecule has 1 aliphatic rings. The molecule has 0 aromatic heterocycles. The molecule has 2 nitrogen and oxygen atoms in total. The van der Waals surface area contributed by atoms with Crippen LogP contribution in [-0.2, 0) is 4.74 Å². The van der Waals surface area contributed by atoms with Gasteiger partial charge >= 0.3 is 0 Å². The van der Waals surface area contributed by atoms with Gasteiger partial charge in [0.2, 0.25) is 0 Å². The fourth-order valence-corrected chi connectivity index (χ4v) is 2.02. The van der Waals surface area contributed by atoms with Crippen LogP contribution in [0.1, 0.15) is 6.42 Å². The van der Waals surface area contributed by atoms with E-state index in [9.17, 15) is 0 Å². The van der Waals surface area contributed by atoms with Crippen molar-refractivity contribution in [3.8, 4) is 0 Å². The Hall–Kier alpha value is -0.540. The third-order valence-electron chi connectivity index (χ3n) is 2.33. The zero-order chi connectivity index (χ0) is 10.6. The summed E-state index contributed by atoms with van der Waals surface area (Å²) >= 11 is 3.35. The minimum atomic E-state index is 0.482. The van der Waals surface area contributed by atoms with Crippen molar-refractivity contribution < 1.29 is 4.74 Å². The molecule has 3 heteroatoms. The van der Waals surface area contributed by atoms with Crippen LogP contribution < -0.4 is 5.32 Å². The summed E-state index contributed by atoms with van der Waals surface area (Å²) < 4.78 is 6.35. The number of hydrogen-bond donors (Lipinski definition) is 1. The van der Waals surface area contributed by atoms with Crippen molar-refractivity contribution in [1.29, 1.82) is 0 Å². The third kappa shape index (κ3) is 2.49. The quantitative estimate of drug-likeness (QED) is 0.836. The van der Waals surface area contributed by atoms with Gasteiger partial charge in [-0.3, -0.25) is 0 Å². The van der Waals surface area contributed by atoms with Crippen molar-refractivity contribution in [3.63, 3.8) is 0 Å². The zero-order valence-corrected chi connectivity index (χ0v) is 10.1. The van der Waals surface area contributed by atoms with Crippen molar-refractivity contribution in [2.24, 2.45) is 5.92 Å². The SMILES string of the molecule is C=CC1=C(C(=C)Br)OCCC1CNC. The molecule has 0 amide bonds. The highest BCUT2D eigenvalue weighted by Gasteiger charge is 2.22. The average molecular weight is 258 g/mol. The monoisotopic (exact) mass is 257 g/mol. The van der Waals surface area contributed by atoms with Crippen LogP contribution in [0.4, 0.5) is 0 Å². The number of ether oxygens (including phenoxy) is 1. The van der Waals surface area contributed by atoms with Crippen molar-refractivity contribution in [2.75, 3.05) is 20.2 Å². The summed E-state index contributed by atoms with van der Waals surface area (Å²) in [5.74, 6) is 1.34. The molecule has 1 unspecified atom stereocenters. The lowest BCUT2D eigenvalue weighted by molar-refractivity contribution is 0.178. The summed E-state index contributed by atoms with van der Waals surface area (Å²) in [6, 6.07) is 0. The highest BCUT2D eigenvalue weighted by molar-refractivity contribution is 9.11. The molecule has 1 atom stereocenters. The first-order chi connectivity index (χ1) is 6.70. The maximum atomic E-state index is 5.55. The Balaban J connectivity index is 2.94. The lowest BCUT2D eigenvalue weighted by Gasteiger charge is -2.26. The molecular formula is C11H16BrNO. The summed E-state index contributed by atoms with van der Waals surface area (Å²) in [5, 5.41) is 3.18. The minimum Gasteiger partial charge on any atom is -0.492 e. The van der Waals surface area contributed by atoms with E-state index in [4.69, 9.17) is 4.74 Å². The number of rotatable bonds is 4. The number of hydrogen-bond acceptors (Lipinski definition) is 2. The van der Waals surface area contributed by atoms with Crippen LogP contribution in [0.2, 0.25) is 0 Å². The second kappa shape index (κ2) is 5.37. The molecule has 0 spiro atoms. The lowest BCUT2D eigenvalue weighted by Crippen LogP contribution is -2.25. The smallest absolute Gasteiger partial charge is 0.136 e. The van der Waals surface area contributed by atoms with E-state index in [1.807, 2.05) is 13.1 Å².